The summed E-state index contributed by atoms with van der Waals surface area (Å²) in [6.07, 6.45) is 7.85. The van der Waals surface area contributed by atoms with E-state index >= 15 is 0 Å². The Bertz CT molecular complexity index is 2440. The van der Waals surface area contributed by atoms with Crippen LogP contribution in [0.25, 0.3) is 64.4 Å². The van der Waals surface area contributed by atoms with Gasteiger partial charge in [-0.3, -0.25) is 0 Å². The maximum absolute atomic E-state index is 6.35. The van der Waals surface area contributed by atoms with Gasteiger partial charge in [-0.15, -0.1) is 11.3 Å². The molecule has 6 aromatic carbocycles. The van der Waals surface area contributed by atoms with Gasteiger partial charge < -0.3 is 9.73 Å². The van der Waals surface area contributed by atoms with E-state index in [2.05, 4.69) is 145 Å². The van der Waals surface area contributed by atoms with Crippen LogP contribution in [0.1, 0.15) is 17.9 Å². The molecule has 1 atom stereocenters. The topological polar surface area (TPSA) is 25.2 Å². The molecule has 2 aromatic heterocycles. The van der Waals surface area contributed by atoms with Gasteiger partial charge in [-0.05, 0) is 47.4 Å². The van der Waals surface area contributed by atoms with Gasteiger partial charge in [0, 0.05) is 59.4 Å². The molecule has 0 bridgehead atoms. The van der Waals surface area contributed by atoms with Gasteiger partial charge in [0.1, 0.15) is 11.2 Å². The van der Waals surface area contributed by atoms with Crippen LogP contribution >= 0.6 is 11.3 Å². The summed E-state index contributed by atoms with van der Waals surface area (Å²) >= 11 is 1.87. The Balaban J connectivity index is 1.03. The van der Waals surface area contributed by atoms with Crippen LogP contribution < -0.4 is 5.32 Å². The second kappa shape index (κ2) is 10.7. The molecule has 214 valence electrons. The number of furan rings is 1. The highest BCUT2D eigenvalue weighted by Gasteiger charge is 2.18. The van der Waals surface area contributed by atoms with E-state index in [4.69, 9.17) is 4.42 Å². The minimum Gasteiger partial charge on any atom is -0.455 e. The summed E-state index contributed by atoms with van der Waals surface area (Å²) in [5.74, 6) is 0.309. The summed E-state index contributed by atoms with van der Waals surface area (Å²) in [5, 5.41) is 8.75. The Kier molecular flexibility index (Phi) is 6.17. The van der Waals surface area contributed by atoms with E-state index in [1.54, 1.807) is 0 Å². The zero-order chi connectivity index (χ0) is 29.7. The van der Waals surface area contributed by atoms with Crippen molar-refractivity contribution in [3.8, 4) is 22.3 Å². The number of para-hydroxylation sites is 2. The number of hydrogen-bond acceptors (Lipinski definition) is 3. The van der Waals surface area contributed by atoms with Gasteiger partial charge in [0.2, 0.25) is 0 Å². The second-order valence-corrected chi connectivity index (χ2v) is 12.8. The minimum atomic E-state index is 0.309. The predicted molar refractivity (Wildman–Crippen MR) is 192 cm³/mol. The molecule has 0 fully saturated rings. The Morgan fingerprint density at radius 2 is 1.42 bits per heavy atom. The van der Waals surface area contributed by atoms with Crippen molar-refractivity contribution in [1.29, 1.82) is 0 Å². The lowest BCUT2D eigenvalue weighted by molar-refractivity contribution is 0.670. The first kappa shape index (κ1) is 26.1. The highest BCUT2D eigenvalue weighted by molar-refractivity contribution is 7.26. The van der Waals surface area contributed by atoms with Gasteiger partial charge in [-0.1, -0.05) is 127 Å². The van der Waals surface area contributed by atoms with Crippen LogP contribution in [0.2, 0.25) is 0 Å². The van der Waals surface area contributed by atoms with Crippen molar-refractivity contribution in [2.24, 2.45) is 0 Å². The number of rotatable bonds is 5. The van der Waals surface area contributed by atoms with Gasteiger partial charge in [0.15, 0.2) is 0 Å². The third-order valence-electron chi connectivity index (χ3n) is 9.02. The van der Waals surface area contributed by atoms with E-state index in [1.165, 1.54) is 42.4 Å². The van der Waals surface area contributed by atoms with Crippen molar-refractivity contribution < 1.29 is 4.42 Å². The van der Waals surface area contributed by atoms with E-state index in [0.29, 0.717) is 5.92 Å². The number of nitrogens with one attached hydrogen (secondary N) is 1. The van der Waals surface area contributed by atoms with E-state index in [1.807, 2.05) is 23.5 Å². The number of hydrogen-bond donors (Lipinski definition) is 1. The Morgan fingerprint density at radius 3 is 2.31 bits per heavy atom. The van der Waals surface area contributed by atoms with Gasteiger partial charge in [-0.25, -0.2) is 0 Å². The number of benzene rings is 6. The van der Waals surface area contributed by atoms with Crippen molar-refractivity contribution in [3.05, 3.63) is 163 Å². The summed E-state index contributed by atoms with van der Waals surface area (Å²) in [6, 6.07) is 47.6. The van der Waals surface area contributed by atoms with Crippen molar-refractivity contribution >= 4 is 59.1 Å². The molecule has 0 aliphatic heterocycles. The maximum Gasteiger partial charge on any atom is 0.143 e. The lowest BCUT2D eigenvalue weighted by Crippen LogP contribution is -2.05. The summed E-state index contributed by atoms with van der Waals surface area (Å²) in [6.45, 7) is 0. The van der Waals surface area contributed by atoms with Crippen LogP contribution in [0.15, 0.2) is 162 Å². The van der Waals surface area contributed by atoms with Gasteiger partial charge >= 0.3 is 0 Å². The summed E-state index contributed by atoms with van der Waals surface area (Å²) in [5.41, 5.74) is 10.3. The fourth-order valence-electron chi connectivity index (χ4n) is 6.81. The molecule has 45 heavy (non-hydrogen) atoms. The molecule has 0 amide bonds. The molecule has 1 unspecified atom stereocenters. The van der Waals surface area contributed by atoms with Crippen LogP contribution in [0.5, 0.6) is 0 Å². The number of thiophene rings is 1. The molecule has 1 N–H and O–H groups in total. The molecule has 1 aliphatic rings. The Hall–Kier alpha value is -5.38. The molecule has 1 aliphatic carbocycles. The molecular formula is C42H29NOS. The van der Waals surface area contributed by atoms with Crippen LogP contribution in [-0.4, -0.2) is 0 Å². The third-order valence-corrected chi connectivity index (χ3v) is 10.2. The molecule has 0 radical (unpaired) electrons. The monoisotopic (exact) mass is 595 g/mol. The molecule has 0 spiro atoms. The van der Waals surface area contributed by atoms with Crippen LogP contribution in [-0.2, 0) is 0 Å². The quantitative estimate of drug-likeness (QED) is 0.214. The van der Waals surface area contributed by atoms with Crippen LogP contribution in [0.3, 0.4) is 0 Å². The molecule has 0 saturated heterocycles. The number of fused-ring (bicyclic) bond motifs is 6. The van der Waals surface area contributed by atoms with Crippen LogP contribution in [0.4, 0.5) is 5.69 Å². The highest BCUT2D eigenvalue weighted by atomic mass is 32.1. The smallest absolute Gasteiger partial charge is 0.143 e. The number of allylic oxidation sites excluding steroid dienone is 3. The molecule has 2 heterocycles. The fourth-order valence-corrected chi connectivity index (χ4v) is 8.08. The lowest BCUT2D eigenvalue weighted by Gasteiger charge is -2.20. The predicted octanol–water partition coefficient (Wildman–Crippen LogP) is 12.3. The molecular weight excluding hydrogens is 567 g/mol. The first-order valence-electron chi connectivity index (χ1n) is 15.5. The zero-order valence-corrected chi connectivity index (χ0v) is 25.4. The molecule has 9 rings (SSSR count). The summed E-state index contributed by atoms with van der Waals surface area (Å²) < 4.78 is 8.99. The normalized spacial score (nSPS) is 14.8. The molecule has 8 aromatic rings. The van der Waals surface area contributed by atoms with Crippen molar-refractivity contribution in [1.82, 2.24) is 0 Å². The summed E-state index contributed by atoms with van der Waals surface area (Å²) in [7, 11) is 0. The maximum atomic E-state index is 6.35. The largest absolute Gasteiger partial charge is 0.455 e. The van der Waals surface area contributed by atoms with E-state index in [-0.39, 0.29) is 0 Å². The zero-order valence-electron chi connectivity index (χ0n) is 24.5. The summed E-state index contributed by atoms with van der Waals surface area (Å²) in [4.78, 5) is 0. The Labute approximate surface area is 265 Å². The first-order chi connectivity index (χ1) is 22.3. The van der Waals surface area contributed by atoms with Gasteiger partial charge in [-0.2, -0.15) is 0 Å². The average Bonchev–Trinajstić information content (AvgIpc) is 3.67. The van der Waals surface area contributed by atoms with E-state index in [0.717, 1.165) is 45.3 Å². The van der Waals surface area contributed by atoms with Crippen molar-refractivity contribution in [3.63, 3.8) is 0 Å². The lowest BCUT2D eigenvalue weighted by atomic mass is 9.89. The highest BCUT2D eigenvalue weighted by Crippen LogP contribution is 2.44. The average molecular weight is 596 g/mol. The standard InChI is InChI=1S/C42H29NOS/c1-2-10-28(11-3-1)40-37(25-24-36-34-15-5-7-19-39(34)45-42(36)40)43-31-22-20-27(21-23-31)29-12-8-13-30(26-29)32-16-9-17-35-33-14-4-6-18-38(33)44-41(32)35/h1-20,22-27,43H,21H2. The second-order valence-electron chi connectivity index (χ2n) is 11.7. The van der Waals surface area contributed by atoms with Crippen molar-refractivity contribution in [2.75, 3.05) is 5.32 Å². The SMILES string of the molecule is C1=CC(c2cccc(-c3cccc4c3oc3ccccc34)c2)CC=C1Nc1ccc2c(sc3ccccc32)c1-c1ccccc1. The third kappa shape index (κ3) is 4.47. The van der Waals surface area contributed by atoms with Gasteiger partial charge in [0.05, 0.1) is 0 Å². The number of anilines is 1. The van der Waals surface area contributed by atoms with Crippen molar-refractivity contribution in [2.45, 2.75) is 12.3 Å². The van der Waals surface area contributed by atoms with E-state index in [9.17, 15) is 0 Å². The molecule has 0 saturated carbocycles. The van der Waals surface area contributed by atoms with E-state index < -0.39 is 0 Å². The minimum absolute atomic E-state index is 0.309. The fraction of sp³-hybridized carbons (Fsp3) is 0.0476. The van der Waals surface area contributed by atoms with Gasteiger partial charge in [0.25, 0.3) is 0 Å². The molecule has 3 heteroatoms. The Morgan fingerprint density at radius 1 is 0.644 bits per heavy atom. The van der Waals surface area contributed by atoms with Crippen LogP contribution in [0, 0.1) is 0 Å². The molecule has 2 nitrogen and oxygen atoms in total. The first-order valence-corrected chi connectivity index (χ1v) is 16.3.